The second kappa shape index (κ2) is 11.4. The van der Waals surface area contributed by atoms with E-state index in [2.05, 4.69) is 184 Å². The van der Waals surface area contributed by atoms with Crippen LogP contribution in [0.4, 0.5) is 0 Å². The van der Waals surface area contributed by atoms with Crippen LogP contribution in [0.2, 0.25) is 0 Å². The Labute approximate surface area is 281 Å². The summed E-state index contributed by atoms with van der Waals surface area (Å²) < 4.78 is 0. The molecule has 0 spiro atoms. The quantitative estimate of drug-likeness (QED) is 0.174. The summed E-state index contributed by atoms with van der Waals surface area (Å²) in [6, 6.07) is 63.0. The van der Waals surface area contributed by atoms with Crippen LogP contribution in [0.1, 0.15) is 11.1 Å². The highest BCUT2D eigenvalue weighted by Gasteiger charge is 2.16. The molecule has 226 valence electrons. The molecule has 0 fully saturated rings. The predicted molar refractivity (Wildman–Crippen MR) is 208 cm³/mol. The Hall–Kier alpha value is -5.98. The lowest BCUT2D eigenvalue weighted by molar-refractivity contribution is 1.38. The molecule has 9 aromatic carbocycles. The Morgan fingerprint density at radius 2 is 0.854 bits per heavy atom. The van der Waals surface area contributed by atoms with Crippen LogP contribution >= 0.6 is 0 Å². The van der Waals surface area contributed by atoms with Crippen molar-refractivity contribution < 1.29 is 0 Å². The zero-order valence-corrected chi connectivity index (χ0v) is 27.2. The number of rotatable bonds is 4. The summed E-state index contributed by atoms with van der Waals surface area (Å²) in [5.74, 6) is 0. The summed E-state index contributed by atoms with van der Waals surface area (Å²) in [5.41, 5.74) is 12.6. The lowest BCUT2D eigenvalue weighted by Gasteiger charge is -2.17. The van der Waals surface area contributed by atoms with Crippen LogP contribution in [0, 0.1) is 13.8 Å². The molecule has 0 heterocycles. The maximum atomic E-state index is 2.43. The van der Waals surface area contributed by atoms with Gasteiger partial charge in [-0.15, -0.1) is 0 Å². The lowest BCUT2D eigenvalue weighted by Crippen LogP contribution is -1.91. The standard InChI is InChI=1S/C48H34/c1-31-23-32(2)25-39(24-31)37-19-21-42-40(26-37)30-48(43-18-10-16-33-13-8-9-17-41(33)43)47-29-38(20-22-44(42)47)46-28-36-15-7-6-14-35(36)27-45(46)34-11-4-3-5-12-34/h3-30H,1-2H3. The molecule has 0 amide bonds. The number of benzene rings is 9. The van der Waals surface area contributed by atoms with Gasteiger partial charge in [0.05, 0.1) is 0 Å². The fraction of sp³-hybridized carbons (Fsp3) is 0.0417. The minimum Gasteiger partial charge on any atom is -0.0622 e. The maximum Gasteiger partial charge on any atom is -0.00926 e. The highest BCUT2D eigenvalue weighted by Crippen LogP contribution is 2.43. The van der Waals surface area contributed by atoms with E-state index in [1.54, 1.807) is 0 Å². The van der Waals surface area contributed by atoms with Gasteiger partial charge in [0.15, 0.2) is 0 Å². The van der Waals surface area contributed by atoms with Crippen molar-refractivity contribution in [2.45, 2.75) is 13.8 Å². The SMILES string of the molecule is Cc1cc(C)cc(-c2ccc3c(c2)cc(-c2cccc4ccccc24)c2cc(-c4cc5ccccc5cc4-c4ccccc4)ccc23)c1. The monoisotopic (exact) mass is 610 g/mol. The summed E-state index contributed by atoms with van der Waals surface area (Å²) in [5, 5.41) is 10.1. The molecule has 0 nitrogen and oxygen atoms in total. The van der Waals surface area contributed by atoms with Crippen molar-refractivity contribution in [1.82, 2.24) is 0 Å². The van der Waals surface area contributed by atoms with Gasteiger partial charge in [-0.1, -0.05) is 151 Å². The van der Waals surface area contributed by atoms with Gasteiger partial charge >= 0.3 is 0 Å². The predicted octanol–water partition coefficient (Wildman–Crippen LogP) is 13.6. The van der Waals surface area contributed by atoms with Gasteiger partial charge in [-0.05, 0) is 132 Å². The average Bonchev–Trinajstić information content (AvgIpc) is 3.13. The van der Waals surface area contributed by atoms with Gasteiger partial charge in [-0.2, -0.15) is 0 Å². The van der Waals surface area contributed by atoms with E-state index >= 15 is 0 Å². The van der Waals surface area contributed by atoms with Crippen LogP contribution in [-0.2, 0) is 0 Å². The molecule has 48 heavy (non-hydrogen) atoms. The topological polar surface area (TPSA) is 0 Å². The summed E-state index contributed by atoms with van der Waals surface area (Å²) in [4.78, 5) is 0. The van der Waals surface area contributed by atoms with E-state index in [0.29, 0.717) is 0 Å². The van der Waals surface area contributed by atoms with Crippen LogP contribution in [-0.4, -0.2) is 0 Å². The van der Waals surface area contributed by atoms with E-state index in [4.69, 9.17) is 0 Å². The molecule has 0 heteroatoms. The first-order chi connectivity index (χ1) is 23.6. The van der Waals surface area contributed by atoms with Crippen LogP contribution < -0.4 is 0 Å². The number of hydrogen-bond acceptors (Lipinski definition) is 0. The molecule has 0 saturated heterocycles. The summed E-state index contributed by atoms with van der Waals surface area (Å²) in [7, 11) is 0. The lowest BCUT2D eigenvalue weighted by atomic mass is 9.86. The van der Waals surface area contributed by atoms with Crippen molar-refractivity contribution in [3.8, 4) is 44.5 Å². The van der Waals surface area contributed by atoms with Crippen LogP contribution in [0.5, 0.6) is 0 Å². The number of fused-ring (bicyclic) bond motifs is 5. The Kier molecular flexibility index (Phi) is 6.69. The fourth-order valence-corrected chi connectivity index (χ4v) is 7.67. The largest absolute Gasteiger partial charge is 0.0622 e. The van der Waals surface area contributed by atoms with Crippen LogP contribution in [0.25, 0.3) is 87.6 Å². The van der Waals surface area contributed by atoms with Gasteiger partial charge in [0.1, 0.15) is 0 Å². The van der Waals surface area contributed by atoms with Crippen molar-refractivity contribution in [1.29, 1.82) is 0 Å². The van der Waals surface area contributed by atoms with E-state index in [-0.39, 0.29) is 0 Å². The second-order valence-corrected chi connectivity index (χ2v) is 13.1. The van der Waals surface area contributed by atoms with Crippen molar-refractivity contribution in [2.75, 3.05) is 0 Å². The molecule has 0 unspecified atom stereocenters. The summed E-state index contributed by atoms with van der Waals surface area (Å²) in [6.45, 7) is 4.36. The molecular formula is C48H34. The second-order valence-electron chi connectivity index (χ2n) is 13.1. The first kappa shape index (κ1) is 28.3. The first-order valence-corrected chi connectivity index (χ1v) is 16.7. The molecule has 9 aromatic rings. The third-order valence-electron chi connectivity index (χ3n) is 9.87. The molecule has 0 atom stereocenters. The van der Waals surface area contributed by atoms with Gasteiger partial charge in [-0.25, -0.2) is 0 Å². The summed E-state index contributed by atoms with van der Waals surface area (Å²) in [6.07, 6.45) is 0. The molecule has 0 aromatic heterocycles. The van der Waals surface area contributed by atoms with Gasteiger partial charge < -0.3 is 0 Å². The highest BCUT2D eigenvalue weighted by atomic mass is 14.2. The molecule has 9 rings (SSSR count). The highest BCUT2D eigenvalue weighted by molar-refractivity contribution is 6.18. The molecule has 0 radical (unpaired) electrons. The Morgan fingerprint density at radius 3 is 1.62 bits per heavy atom. The molecular weight excluding hydrogens is 577 g/mol. The molecule has 0 bridgehead atoms. The van der Waals surface area contributed by atoms with Gasteiger partial charge in [0.2, 0.25) is 0 Å². The fourth-order valence-electron chi connectivity index (χ4n) is 7.67. The zero-order valence-electron chi connectivity index (χ0n) is 27.2. The Morgan fingerprint density at radius 1 is 0.250 bits per heavy atom. The zero-order chi connectivity index (χ0) is 32.2. The minimum absolute atomic E-state index is 1.22. The Bertz CT molecular complexity index is 2650. The smallest absolute Gasteiger partial charge is 0.00926 e. The molecule has 0 saturated carbocycles. The van der Waals surface area contributed by atoms with E-state index in [1.807, 2.05) is 0 Å². The molecule has 0 N–H and O–H groups in total. The number of aryl methyl sites for hydroxylation is 2. The summed E-state index contributed by atoms with van der Waals surface area (Å²) >= 11 is 0. The van der Waals surface area contributed by atoms with Gasteiger partial charge in [-0.3, -0.25) is 0 Å². The van der Waals surface area contributed by atoms with E-state index in [9.17, 15) is 0 Å². The third-order valence-corrected chi connectivity index (χ3v) is 9.87. The first-order valence-electron chi connectivity index (χ1n) is 16.7. The molecule has 0 aliphatic heterocycles. The van der Waals surface area contributed by atoms with Crippen molar-refractivity contribution in [3.63, 3.8) is 0 Å². The van der Waals surface area contributed by atoms with Crippen molar-refractivity contribution in [2.24, 2.45) is 0 Å². The minimum atomic E-state index is 1.22. The van der Waals surface area contributed by atoms with Gasteiger partial charge in [0, 0.05) is 0 Å². The molecule has 0 aliphatic rings. The van der Waals surface area contributed by atoms with E-state index in [0.717, 1.165) is 0 Å². The normalized spacial score (nSPS) is 11.5. The van der Waals surface area contributed by atoms with Crippen LogP contribution in [0.15, 0.2) is 170 Å². The Balaban J connectivity index is 1.34. The number of hydrogen-bond donors (Lipinski definition) is 0. The third kappa shape index (κ3) is 4.86. The molecule has 0 aliphatic carbocycles. The van der Waals surface area contributed by atoms with E-state index in [1.165, 1.54) is 98.7 Å². The maximum absolute atomic E-state index is 2.43. The van der Waals surface area contributed by atoms with Crippen molar-refractivity contribution in [3.05, 3.63) is 181 Å². The van der Waals surface area contributed by atoms with E-state index < -0.39 is 0 Å². The average molecular weight is 611 g/mol. The van der Waals surface area contributed by atoms with Crippen LogP contribution in [0.3, 0.4) is 0 Å². The van der Waals surface area contributed by atoms with Crippen molar-refractivity contribution >= 4 is 43.1 Å². The van der Waals surface area contributed by atoms with Gasteiger partial charge in [0.25, 0.3) is 0 Å².